The smallest absolute Gasteiger partial charge is 0.241 e. The first-order valence-corrected chi connectivity index (χ1v) is 7.93. The number of carbonyl (C=O) groups is 1. The molecule has 1 aromatic rings. The Kier molecular flexibility index (Phi) is 3.89. The van der Waals surface area contributed by atoms with Gasteiger partial charge < -0.3 is 10.5 Å². The molecule has 21 heavy (non-hydrogen) atoms. The van der Waals surface area contributed by atoms with Crippen LogP contribution in [-0.2, 0) is 11.2 Å². The van der Waals surface area contributed by atoms with Crippen molar-refractivity contribution < 1.29 is 9.53 Å². The minimum Gasteiger partial charge on any atom is -0.491 e. The molecule has 2 fully saturated rings. The molecule has 0 heterocycles. The number of rotatable bonds is 8. The first kappa shape index (κ1) is 14.4. The number of nitrogens with two attached hydrogens (primary N) is 1. The Hall–Kier alpha value is -1.55. The van der Waals surface area contributed by atoms with E-state index in [2.05, 4.69) is 24.4 Å². The fraction of sp³-hybridized carbons (Fsp3) is 0.588. The van der Waals surface area contributed by atoms with Crippen molar-refractivity contribution in [2.45, 2.75) is 50.6 Å². The van der Waals surface area contributed by atoms with Gasteiger partial charge in [0, 0.05) is 6.04 Å². The van der Waals surface area contributed by atoms with Crippen LogP contribution >= 0.6 is 0 Å². The molecule has 1 aromatic carbocycles. The topological polar surface area (TPSA) is 64.3 Å². The molecule has 1 atom stereocenters. The van der Waals surface area contributed by atoms with Crippen LogP contribution in [0.3, 0.4) is 0 Å². The quantitative estimate of drug-likeness (QED) is 0.769. The van der Waals surface area contributed by atoms with E-state index in [4.69, 9.17) is 10.5 Å². The monoisotopic (exact) mass is 288 g/mol. The Morgan fingerprint density at radius 3 is 2.43 bits per heavy atom. The van der Waals surface area contributed by atoms with Crippen molar-refractivity contribution in [2.75, 3.05) is 6.61 Å². The zero-order chi connectivity index (χ0) is 14.9. The number of aryl methyl sites for hydroxylation is 1. The molecule has 0 aliphatic heterocycles. The largest absolute Gasteiger partial charge is 0.491 e. The number of nitrogens with one attached hydrogen (secondary N) is 1. The summed E-state index contributed by atoms with van der Waals surface area (Å²) in [5.41, 5.74) is 6.31. The SMILES string of the molecule is CCc1ccc(OCC(NC2CC2)(C(N)=O)C2CC2)cc1. The highest BCUT2D eigenvalue weighted by atomic mass is 16.5. The fourth-order valence-corrected chi connectivity index (χ4v) is 2.81. The minimum absolute atomic E-state index is 0.276. The molecule has 0 spiro atoms. The Morgan fingerprint density at radius 1 is 1.29 bits per heavy atom. The van der Waals surface area contributed by atoms with Crippen molar-refractivity contribution in [1.82, 2.24) is 5.32 Å². The number of benzene rings is 1. The summed E-state index contributed by atoms with van der Waals surface area (Å²) >= 11 is 0. The summed E-state index contributed by atoms with van der Waals surface area (Å²) in [5, 5.41) is 3.46. The van der Waals surface area contributed by atoms with E-state index in [0.29, 0.717) is 18.6 Å². The van der Waals surface area contributed by atoms with E-state index >= 15 is 0 Å². The summed E-state index contributed by atoms with van der Waals surface area (Å²) in [6, 6.07) is 8.49. The molecule has 0 aromatic heterocycles. The maximum Gasteiger partial charge on any atom is 0.241 e. The van der Waals surface area contributed by atoms with Gasteiger partial charge in [-0.05, 0) is 55.7 Å². The Morgan fingerprint density at radius 2 is 1.95 bits per heavy atom. The summed E-state index contributed by atoms with van der Waals surface area (Å²) in [4.78, 5) is 12.1. The van der Waals surface area contributed by atoms with Crippen molar-refractivity contribution in [3.8, 4) is 5.75 Å². The molecule has 2 aliphatic rings. The third-order valence-electron chi connectivity index (χ3n) is 4.55. The molecule has 4 nitrogen and oxygen atoms in total. The summed E-state index contributed by atoms with van der Waals surface area (Å²) in [6.45, 7) is 2.45. The second-order valence-corrected chi connectivity index (χ2v) is 6.31. The van der Waals surface area contributed by atoms with Crippen molar-refractivity contribution in [1.29, 1.82) is 0 Å². The molecular weight excluding hydrogens is 264 g/mol. The Bertz CT molecular complexity index is 506. The lowest BCUT2D eigenvalue weighted by molar-refractivity contribution is -0.126. The van der Waals surface area contributed by atoms with Crippen molar-refractivity contribution >= 4 is 5.91 Å². The van der Waals surface area contributed by atoms with Crippen LogP contribution in [0.4, 0.5) is 0 Å². The minimum atomic E-state index is -0.690. The molecule has 3 N–H and O–H groups in total. The van der Waals surface area contributed by atoms with E-state index in [1.54, 1.807) is 0 Å². The average molecular weight is 288 g/mol. The van der Waals surface area contributed by atoms with E-state index in [1.165, 1.54) is 5.56 Å². The normalized spacial score (nSPS) is 20.8. The van der Waals surface area contributed by atoms with E-state index in [1.807, 2.05) is 12.1 Å². The molecule has 3 rings (SSSR count). The Labute approximate surface area is 126 Å². The summed E-state index contributed by atoms with van der Waals surface area (Å²) in [6.07, 6.45) is 5.39. The zero-order valence-electron chi connectivity index (χ0n) is 12.6. The number of hydrogen-bond acceptors (Lipinski definition) is 3. The lowest BCUT2D eigenvalue weighted by Crippen LogP contribution is -2.61. The maximum atomic E-state index is 12.1. The molecule has 114 valence electrons. The third kappa shape index (κ3) is 3.21. The van der Waals surface area contributed by atoms with E-state index in [0.717, 1.165) is 37.9 Å². The van der Waals surface area contributed by atoms with Gasteiger partial charge >= 0.3 is 0 Å². The van der Waals surface area contributed by atoms with Gasteiger partial charge in [0.2, 0.25) is 5.91 Å². The molecule has 4 heteroatoms. The van der Waals surface area contributed by atoms with Gasteiger partial charge in [-0.3, -0.25) is 10.1 Å². The average Bonchev–Trinajstić information content (AvgIpc) is 3.37. The van der Waals surface area contributed by atoms with Crippen LogP contribution in [0.25, 0.3) is 0 Å². The number of hydrogen-bond donors (Lipinski definition) is 2. The number of ether oxygens (including phenoxy) is 1. The van der Waals surface area contributed by atoms with E-state index in [9.17, 15) is 4.79 Å². The van der Waals surface area contributed by atoms with E-state index in [-0.39, 0.29) is 5.91 Å². The van der Waals surface area contributed by atoms with Crippen molar-refractivity contribution in [3.63, 3.8) is 0 Å². The van der Waals surface area contributed by atoms with Gasteiger partial charge in [-0.1, -0.05) is 19.1 Å². The predicted molar refractivity (Wildman–Crippen MR) is 82.1 cm³/mol. The highest BCUT2D eigenvalue weighted by molar-refractivity contribution is 5.86. The van der Waals surface area contributed by atoms with Crippen LogP contribution in [0.1, 0.15) is 38.2 Å². The molecule has 0 radical (unpaired) electrons. The number of primary amides is 1. The summed E-state index contributed by atoms with van der Waals surface area (Å²) in [7, 11) is 0. The van der Waals surface area contributed by atoms with Crippen molar-refractivity contribution in [3.05, 3.63) is 29.8 Å². The third-order valence-corrected chi connectivity index (χ3v) is 4.55. The number of carbonyl (C=O) groups excluding carboxylic acids is 1. The van der Waals surface area contributed by atoms with Gasteiger partial charge in [0.15, 0.2) is 0 Å². The van der Waals surface area contributed by atoms with Crippen LogP contribution < -0.4 is 15.8 Å². The highest BCUT2D eigenvalue weighted by Crippen LogP contribution is 2.41. The van der Waals surface area contributed by atoms with Crippen LogP contribution in [0.2, 0.25) is 0 Å². The van der Waals surface area contributed by atoms with E-state index < -0.39 is 5.54 Å². The Balaban J connectivity index is 1.69. The first-order valence-electron chi connectivity index (χ1n) is 7.93. The van der Waals surface area contributed by atoms with Crippen LogP contribution in [0.15, 0.2) is 24.3 Å². The highest BCUT2D eigenvalue weighted by Gasteiger charge is 2.52. The van der Waals surface area contributed by atoms with Gasteiger partial charge in [0.05, 0.1) is 0 Å². The van der Waals surface area contributed by atoms with Crippen LogP contribution in [0, 0.1) is 5.92 Å². The second-order valence-electron chi connectivity index (χ2n) is 6.31. The fourth-order valence-electron chi connectivity index (χ4n) is 2.81. The van der Waals surface area contributed by atoms with Crippen molar-refractivity contribution in [2.24, 2.45) is 11.7 Å². The van der Waals surface area contributed by atoms with Crippen LogP contribution in [0.5, 0.6) is 5.75 Å². The lowest BCUT2D eigenvalue weighted by atomic mass is 9.93. The number of amides is 1. The second kappa shape index (κ2) is 5.68. The molecule has 2 saturated carbocycles. The standard InChI is InChI=1S/C17H24N2O2/c1-2-12-3-9-15(10-4-12)21-11-17(16(18)20,13-5-6-13)19-14-7-8-14/h3-4,9-10,13-14,19H,2,5-8,11H2,1H3,(H2,18,20). The lowest BCUT2D eigenvalue weighted by Gasteiger charge is -2.32. The molecule has 2 aliphatic carbocycles. The summed E-state index contributed by atoms with van der Waals surface area (Å²) < 4.78 is 5.90. The van der Waals surface area contributed by atoms with Gasteiger partial charge in [-0.25, -0.2) is 0 Å². The molecule has 0 bridgehead atoms. The van der Waals surface area contributed by atoms with Gasteiger partial charge in [-0.2, -0.15) is 0 Å². The molecule has 1 amide bonds. The predicted octanol–water partition coefficient (Wildman–Crippen LogP) is 2.01. The van der Waals surface area contributed by atoms with Gasteiger partial charge in [-0.15, -0.1) is 0 Å². The maximum absolute atomic E-state index is 12.1. The first-order chi connectivity index (χ1) is 10.1. The van der Waals surface area contributed by atoms with Gasteiger partial charge in [0.1, 0.15) is 17.9 Å². The van der Waals surface area contributed by atoms with Gasteiger partial charge in [0.25, 0.3) is 0 Å². The summed E-state index contributed by atoms with van der Waals surface area (Å²) in [5.74, 6) is 0.851. The molecular formula is C17H24N2O2. The molecule has 1 unspecified atom stereocenters. The zero-order valence-corrected chi connectivity index (χ0v) is 12.6. The molecule has 0 saturated heterocycles. The van der Waals surface area contributed by atoms with Crippen LogP contribution in [-0.4, -0.2) is 24.1 Å².